The highest BCUT2D eigenvalue weighted by Crippen LogP contribution is 2.35. The van der Waals surface area contributed by atoms with Gasteiger partial charge in [0.05, 0.1) is 17.0 Å². The molecule has 0 saturated carbocycles. The molecule has 0 aliphatic heterocycles. The van der Waals surface area contributed by atoms with Gasteiger partial charge in [0, 0.05) is 24.4 Å². The number of ether oxygens (including phenoxy) is 1. The lowest BCUT2D eigenvalue weighted by molar-refractivity contribution is 0.0527. The van der Waals surface area contributed by atoms with E-state index >= 15 is 0 Å². The standard InChI is InChI=1S/C22H28N2O4S2/c1-6-24(7-2)21(26)18-14(4)17(22(27)28-8-3)20(30-18)23-19(25)16-11-9-15(10-12-16)13-29-5/h9-12H,6-8,13H2,1-5H3,(H,23,25). The molecular formula is C22H28N2O4S2. The summed E-state index contributed by atoms with van der Waals surface area (Å²) in [6, 6.07) is 7.33. The van der Waals surface area contributed by atoms with Crippen molar-refractivity contribution in [3.63, 3.8) is 0 Å². The molecule has 1 N–H and O–H groups in total. The Bertz CT molecular complexity index is 903. The van der Waals surface area contributed by atoms with Crippen LogP contribution in [0.3, 0.4) is 0 Å². The molecule has 0 bridgehead atoms. The van der Waals surface area contributed by atoms with E-state index in [-0.39, 0.29) is 24.0 Å². The zero-order valence-electron chi connectivity index (χ0n) is 18.0. The lowest BCUT2D eigenvalue weighted by atomic mass is 10.1. The molecule has 0 atom stereocenters. The lowest BCUT2D eigenvalue weighted by Crippen LogP contribution is -2.30. The number of amides is 2. The van der Waals surface area contributed by atoms with Crippen molar-refractivity contribution >= 4 is 45.9 Å². The zero-order valence-corrected chi connectivity index (χ0v) is 19.7. The summed E-state index contributed by atoms with van der Waals surface area (Å²) in [5, 5.41) is 3.14. The molecule has 162 valence electrons. The van der Waals surface area contributed by atoms with E-state index in [0.717, 1.165) is 22.7 Å². The summed E-state index contributed by atoms with van der Waals surface area (Å²) in [5.74, 6) is -0.166. The van der Waals surface area contributed by atoms with E-state index in [4.69, 9.17) is 4.74 Å². The van der Waals surface area contributed by atoms with Crippen LogP contribution >= 0.6 is 23.1 Å². The summed E-state index contributed by atoms with van der Waals surface area (Å²) >= 11 is 2.82. The number of thioether (sulfide) groups is 1. The summed E-state index contributed by atoms with van der Waals surface area (Å²) in [5.41, 5.74) is 2.38. The van der Waals surface area contributed by atoms with E-state index in [2.05, 4.69) is 5.32 Å². The molecule has 0 spiro atoms. The van der Waals surface area contributed by atoms with Gasteiger partial charge < -0.3 is 15.0 Å². The molecule has 0 saturated heterocycles. The molecule has 1 heterocycles. The Morgan fingerprint density at radius 3 is 2.27 bits per heavy atom. The first-order valence-corrected chi connectivity index (χ1v) is 12.1. The van der Waals surface area contributed by atoms with Gasteiger partial charge in [-0.05, 0) is 57.2 Å². The predicted octanol–water partition coefficient (Wildman–Crippen LogP) is 4.83. The molecule has 6 nitrogen and oxygen atoms in total. The van der Waals surface area contributed by atoms with Crippen molar-refractivity contribution in [1.29, 1.82) is 0 Å². The van der Waals surface area contributed by atoms with E-state index in [0.29, 0.717) is 34.1 Å². The second-order valence-electron chi connectivity index (χ2n) is 6.54. The summed E-state index contributed by atoms with van der Waals surface area (Å²) in [6.07, 6.45) is 2.02. The Morgan fingerprint density at radius 2 is 1.73 bits per heavy atom. The number of nitrogens with one attached hydrogen (secondary N) is 1. The number of hydrogen-bond acceptors (Lipinski definition) is 6. The number of thiophene rings is 1. The SMILES string of the molecule is CCOC(=O)c1c(NC(=O)c2ccc(CSC)cc2)sc(C(=O)N(CC)CC)c1C. The van der Waals surface area contributed by atoms with Crippen molar-refractivity contribution in [2.24, 2.45) is 0 Å². The molecule has 2 amide bonds. The van der Waals surface area contributed by atoms with Crippen LogP contribution < -0.4 is 5.32 Å². The van der Waals surface area contributed by atoms with Gasteiger partial charge in [-0.2, -0.15) is 11.8 Å². The van der Waals surface area contributed by atoms with Gasteiger partial charge in [-0.15, -0.1) is 11.3 Å². The van der Waals surface area contributed by atoms with Crippen molar-refractivity contribution in [2.75, 3.05) is 31.3 Å². The smallest absolute Gasteiger partial charge is 0.341 e. The maximum Gasteiger partial charge on any atom is 0.341 e. The van der Waals surface area contributed by atoms with Crippen LogP contribution in [0, 0.1) is 6.92 Å². The molecule has 1 aromatic heterocycles. The van der Waals surface area contributed by atoms with Crippen molar-refractivity contribution in [2.45, 2.75) is 33.4 Å². The number of carbonyl (C=O) groups excluding carboxylic acids is 3. The van der Waals surface area contributed by atoms with Gasteiger partial charge in [0.25, 0.3) is 11.8 Å². The van der Waals surface area contributed by atoms with Crippen LogP contribution in [-0.2, 0) is 10.5 Å². The highest BCUT2D eigenvalue weighted by molar-refractivity contribution is 7.97. The van der Waals surface area contributed by atoms with E-state index in [1.54, 1.807) is 42.6 Å². The highest BCUT2D eigenvalue weighted by atomic mass is 32.2. The minimum Gasteiger partial charge on any atom is -0.462 e. The van der Waals surface area contributed by atoms with Gasteiger partial charge in [0.15, 0.2) is 0 Å². The lowest BCUT2D eigenvalue weighted by Gasteiger charge is -2.18. The van der Waals surface area contributed by atoms with Crippen molar-refractivity contribution in [3.8, 4) is 0 Å². The van der Waals surface area contributed by atoms with Gasteiger partial charge in [-0.1, -0.05) is 12.1 Å². The van der Waals surface area contributed by atoms with Gasteiger partial charge >= 0.3 is 5.97 Å². The van der Waals surface area contributed by atoms with Crippen molar-refractivity contribution < 1.29 is 19.1 Å². The Kier molecular flexibility index (Phi) is 8.92. The number of rotatable bonds is 9. The third kappa shape index (κ3) is 5.43. The van der Waals surface area contributed by atoms with Crippen molar-refractivity contribution in [1.82, 2.24) is 4.90 Å². The Balaban J connectivity index is 2.39. The quantitative estimate of drug-likeness (QED) is 0.556. The third-order valence-electron chi connectivity index (χ3n) is 4.63. The van der Waals surface area contributed by atoms with Crippen LogP contribution in [0.5, 0.6) is 0 Å². The summed E-state index contributed by atoms with van der Waals surface area (Å²) in [6.45, 7) is 8.57. The molecule has 8 heteroatoms. The molecule has 0 unspecified atom stereocenters. The minimum absolute atomic E-state index is 0.157. The largest absolute Gasteiger partial charge is 0.462 e. The van der Waals surface area contributed by atoms with E-state index in [9.17, 15) is 14.4 Å². The second kappa shape index (κ2) is 11.2. The number of esters is 1. The summed E-state index contributed by atoms with van der Waals surface area (Å²) in [7, 11) is 0. The zero-order chi connectivity index (χ0) is 22.3. The second-order valence-corrected chi connectivity index (χ2v) is 8.43. The first kappa shape index (κ1) is 24.0. The fourth-order valence-electron chi connectivity index (χ4n) is 3.00. The monoisotopic (exact) mass is 448 g/mol. The number of nitrogens with zero attached hydrogens (tertiary/aromatic N) is 1. The van der Waals surface area contributed by atoms with E-state index in [1.165, 1.54) is 0 Å². The molecule has 30 heavy (non-hydrogen) atoms. The summed E-state index contributed by atoms with van der Waals surface area (Å²) in [4.78, 5) is 40.4. The first-order chi connectivity index (χ1) is 14.4. The van der Waals surface area contributed by atoms with E-state index in [1.807, 2.05) is 32.2 Å². The topological polar surface area (TPSA) is 75.7 Å². The maximum absolute atomic E-state index is 12.9. The molecule has 0 radical (unpaired) electrons. The van der Waals surface area contributed by atoms with Gasteiger partial charge in [0.2, 0.25) is 0 Å². The molecule has 2 aromatic rings. The summed E-state index contributed by atoms with van der Waals surface area (Å²) < 4.78 is 5.17. The molecule has 2 rings (SSSR count). The van der Waals surface area contributed by atoms with Crippen LogP contribution in [0.2, 0.25) is 0 Å². The molecule has 1 aromatic carbocycles. The fourth-order valence-corrected chi connectivity index (χ4v) is 4.69. The number of carbonyl (C=O) groups is 3. The van der Waals surface area contributed by atoms with Gasteiger partial charge in [-0.25, -0.2) is 4.79 Å². The van der Waals surface area contributed by atoms with Gasteiger partial charge in [-0.3, -0.25) is 9.59 Å². The Labute approximate surface area is 186 Å². The highest BCUT2D eigenvalue weighted by Gasteiger charge is 2.28. The Morgan fingerprint density at radius 1 is 1.10 bits per heavy atom. The number of benzene rings is 1. The van der Waals surface area contributed by atoms with Crippen molar-refractivity contribution in [3.05, 3.63) is 51.4 Å². The number of hydrogen-bond donors (Lipinski definition) is 1. The molecule has 0 aliphatic rings. The third-order valence-corrected chi connectivity index (χ3v) is 6.44. The average Bonchev–Trinajstić information content (AvgIpc) is 3.05. The Hall–Kier alpha value is -2.32. The predicted molar refractivity (Wildman–Crippen MR) is 124 cm³/mol. The van der Waals surface area contributed by atoms with E-state index < -0.39 is 5.97 Å². The minimum atomic E-state index is -0.546. The van der Waals surface area contributed by atoms with Crippen LogP contribution in [0.25, 0.3) is 0 Å². The van der Waals surface area contributed by atoms with Crippen LogP contribution in [-0.4, -0.2) is 48.6 Å². The van der Waals surface area contributed by atoms with Crippen LogP contribution in [0.4, 0.5) is 5.00 Å². The normalized spacial score (nSPS) is 10.6. The molecule has 0 fully saturated rings. The number of anilines is 1. The van der Waals surface area contributed by atoms with Crippen LogP contribution in [0.15, 0.2) is 24.3 Å². The average molecular weight is 449 g/mol. The molecule has 0 aliphatic carbocycles. The first-order valence-electron chi connectivity index (χ1n) is 9.86. The fraction of sp³-hybridized carbons (Fsp3) is 0.409. The van der Waals surface area contributed by atoms with Gasteiger partial charge in [0.1, 0.15) is 5.00 Å². The van der Waals surface area contributed by atoms with Crippen LogP contribution in [0.1, 0.15) is 62.3 Å². The molecular weight excluding hydrogens is 420 g/mol. The maximum atomic E-state index is 12.9.